The summed E-state index contributed by atoms with van der Waals surface area (Å²) in [4.78, 5) is 11.8. The van der Waals surface area contributed by atoms with E-state index in [-0.39, 0.29) is 19.6 Å². The van der Waals surface area contributed by atoms with Gasteiger partial charge in [-0.1, -0.05) is 91.0 Å². The molecule has 0 aromatic heterocycles. The standard InChI is InChI=1S/C28H30O6/c1-21(29)33-27-28(30,17-22-11-5-2-6-12-22)26(32-19-24-15-9-4-10-16-24)25(34-27)20-31-18-23-13-7-3-8-14-23/h2-16,25-27,30H,17-20H2,1H3/t25-,26-,27?,28+/m1/s1. The maximum absolute atomic E-state index is 11.9. The van der Waals surface area contributed by atoms with Crippen molar-refractivity contribution in [3.63, 3.8) is 0 Å². The van der Waals surface area contributed by atoms with Gasteiger partial charge in [-0.25, -0.2) is 0 Å². The Bertz CT molecular complexity index is 1030. The SMILES string of the molecule is CC(=O)OC1O[C@H](COCc2ccccc2)[C@@H](OCc2ccccc2)[C@@]1(O)Cc1ccccc1. The van der Waals surface area contributed by atoms with E-state index in [2.05, 4.69) is 0 Å². The molecule has 0 bridgehead atoms. The lowest BCUT2D eigenvalue weighted by Crippen LogP contribution is -2.53. The largest absolute Gasteiger partial charge is 0.433 e. The second kappa shape index (κ2) is 11.4. The maximum Gasteiger partial charge on any atom is 0.305 e. The molecule has 3 aromatic carbocycles. The van der Waals surface area contributed by atoms with E-state index in [1.54, 1.807) is 0 Å². The minimum absolute atomic E-state index is 0.170. The van der Waals surface area contributed by atoms with E-state index in [0.717, 1.165) is 16.7 Å². The molecular formula is C28H30O6. The summed E-state index contributed by atoms with van der Waals surface area (Å²) in [6.45, 7) is 2.13. The third-order valence-corrected chi connectivity index (χ3v) is 5.81. The number of esters is 1. The zero-order valence-electron chi connectivity index (χ0n) is 19.2. The van der Waals surface area contributed by atoms with Gasteiger partial charge in [0.15, 0.2) is 5.60 Å². The summed E-state index contributed by atoms with van der Waals surface area (Å²) in [5.41, 5.74) is 1.27. The summed E-state index contributed by atoms with van der Waals surface area (Å²) in [5, 5.41) is 11.9. The number of carbonyl (C=O) groups excluding carboxylic acids is 1. The molecule has 178 valence electrons. The number of hydrogen-bond donors (Lipinski definition) is 1. The van der Waals surface area contributed by atoms with Gasteiger partial charge in [-0.05, 0) is 16.7 Å². The minimum Gasteiger partial charge on any atom is -0.433 e. The zero-order valence-corrected chi connectivity index (χ0v) is 19.2. The van der Waals surface area contributed by atoms with E-state index >= 15 is 0 Å². The van der Waals surface area contributed by atoms with Crippen LogP contribution in [0, 0.1) is 0 Å². The summed E-state index contributed by atoms with van der Waals surface area (Å²) in [6.07, 6.45) is -2.41. The van der Waals surface area contributed by atoms with Gasteiger partial charge in [-0.3, -0.25) is 4.79 Å². The third-order valence-electron chi connectivity index (χ3n) is 5.81. The number of carbonyl (C=O) groups is 1. The first-order valence-corrected chi connectivity index (χ1v) is 11.4. The minimum atomic E-state index is -1.59. The highest BCUT2D eigenvalue weighted by Gasteiger charge is 2.58. The summed E-state index contributed by atoms with van der Waals surface area (Å²) in [5.74, 6) is -0.538. The van der Waals surface area contributed by atoms with E-state index in [0.29, 0.717) is 6.61 Å². The summed E-state index contributed by atoms with van der Waals surface area (Å²) in [6, 6.07) is 29.0. The van der Waals surface area contributed by atoms with Crippen molar-refractivity contribution in [2.24, 2.45) is 0 Å². The van der Waals surface area contributed by atoms with Crippen molar-refractivity contribution in [3.05, 3.63) is 108 Å². The molecule has 1 fully saturated rings. The van der Waals surface area contributed by atoms with Crippen LogP contribution in [0.15, 0.2) is 91.0 Å². The van der Waals surface area contributed by atoms with E-state index in [9.17, 15) is 9.90 Å². The van der Waals surface area contributed by atoms with Crippen LogP contribution < -0.4 is 0 Å². The molecule has 6 heteroatoms. The molecule has 34 heavy (non-hydrogen) atoms. The Kier molecular flexibility index (Phi) is 8.08. The van der Waals surface area contributed by atoms with Crippen LogP contribution in [0.2, 0.25) is 0 Å². The van der Waals surface area contributed by atoms with Gasteiger partial charge in [-0.15, -0.1) is 0 Å². The second-order valence-corrected chi connectivity index (χ2v) is 8.49. The molecule has 0 aliphatic carbocycles. The lowest BCUT2D eigenvalue weighted by molar-refractivity contribution is -0.211. The Hall–Kier alpha value is -3.03. The molecule has 0 amide bonds. The Labute approximate surface area is 200 Å². The predicted octanol–water partition coefficient (Wildman–Crippen LogP) is 4.05. The zero-order chi connectivity index (χ0) is 23.8. The van der Waals surface area contributed by atoms with Crippen molar-refractivity contribution < 1.29 is 28.8 Å². The molecule has 1 unspecified atom stereocenters. The lowest BCUT2D eigenvalue weighted by atomic mass is 9.87. The highest BCUT2D eigenvalue weighted by Crippen LogP contribution is 2.38. The number of hydrogen-bond acceptors (Lipinski definition) is 6. The van der Waals surface area contributed by atoms with Crippen molar-refractivity contribution in [3.8, 4) is 0 Å². The lowest BCUT2D eigenvalue weighted by Gasteiger charge is -2.33. The molecule has 0 spiro atoms. The monoisotopic (exact) mass is 462 g/mol. The van der Waals surface area contributed by atoms with Gasteiger partial charge < -0.3 is 24.1 Å². The molecule has 1 heterocycles. The van der Waals surface area contributed by atoms with Gasteiger partial charge in [0.1, 0.15) is 12.2 Å². The van der Waals surface area contributed by atoms with Crippen LogP contribution in [0.1, 0.15) is 23.6 Å². The molecule has 1 aliphatic heterocycles. The normalized spacial score (nSPS) is 24.1. The van der Waals surface area contributed by atoms with Crippen molar-refractivity contribution >= 4 is 5.97 Å². The molecule has 4 atom stereocenters. The molecule has 1 N–H and O–H groups in total. The average molecular weight is 463 g/mol. The van der Waals surface area contributed by atoms with Gasteiger partial charge in [0.2, 0.25) is 6.29 Å². The molecule has 6 nitrogen and oxygen atoms in total. The van der Waals surface area contributed by atoms with Crippen LogP contribution in [-0.2, 0) is 43.4 Å². The number of aliphatic hydroxyl groups is 1. The third kappa shape index (κ3) is 6.10. The number of rotatable bonds is 10. The van der Waals surface area contributed by atoms with Crippen LogP contribution in [0.5, 0.6) is 0 Å². The second-order valence-electron chi connectivity index (χ2n) is 8.49. The van der Waals surface area contributed by atoms with Crippen molar-refractivity contribution in [1.82, 2.24) is 0 Å². The first-order chi connectivity index (χ1) is 16.5. The van der Waals surface area contributed by atoms with E-state index in [1.165, 1.54) is 6.92 Å². The van der Waals surface area contributed by atoms with Gasteiger partial charge >= 0.3 is 5.97 Å². The van der Waals surface area contributed by atoms with Crippen molar-refractivity contribution in [2.75, 3.05) is 6.61 Å². The molecule has 0 radical (unpaired) electrons. The Morgan fingerprint density at radius 1 is 0.853 bits per heavy atom. The predicted molar refractivity (Wildman–Crippen MR) is 127 cm³/mol. The fourth-order valence-corrected chi connectivity index (χ4v) is 4.20. The van der Waals surface area contributed by atoms with Gasteiger partial charge in [0, 0.05) is 13.3 Å². The van der Waals surface area contributed by atoms with Crippen LogP contribution >= 0.6 is 0 Å². The molecule has 3 aromatic rings. The van der Waals surface area contributed by atoms with Gasteiger partial charge in [0.25, 0.3) is 0 Å². The Balaban J connectivity index is 1.56. The van der Waals surface area contributed by atoms with Gasteiger partial charge in [-0.2, -0.15) is 0 Å². The first-order valence-electron chi connectivity index (χ1n) is 11.4. The first kappa shape index (κ1) is 24.1. The van der Waals surface area contributed by atoms with E-state index < -0.39 is 30.1 Å². The maximum atomic E-state index is 11.9. The van der Waals surface area contributed by atoms with Crippen molar-refractivity contribution in [1.29, 1.82) is 0 Å². The average Bonchev–Trinajstić information content (AvgIpc) is 3.09. The molecule has 1 saturated heterocycles. The fraction of sp³-hybridized carbons (Fsp3) is 0.321. The Morgan fingerprint density at radius 3 is 1.94 bits per heavy atom. The Morgan fingerprint density at radius 2 is 1.38 bits per heavy atom. The molecular weight excluding hydrogens is 432 g/mol. The number of benzene rings is 3. The molecule has 1 aliphatic rings. The molecule has 4 rings (SSSR count). The summed E-state index contributed by atoms with van der Waals surface area (Å²) in [7, 11) is 0. The van der Waals surface area contributed by atoms with E-state index in [1.807, 2.05) is 91.0 Å². The highest BCUT2D eigenvalue weighted by molar-refractivity contribution is 5.66. The highest BCUT2D eigenvalue weighted by atomic mass is 16.7. The van der Waals surface area contributed by atoms with Gasteiger partial charge in [0.05, 0.1) is 19.8 Å². The number of ether oxygens (including phenoxy) is 4. The van der Waals surface area contributed by atoms with E-state index in [4.69, 9.17) is 18.9 Å². The van der Waals surface area contributed by atoms with Crippen LogP contribution in [-0.4, -0.2) is 41.8 Å². The quantitative estimate of drug-likeness (QED) is 0.458. The van der Waals surface area contributed by atoms with Crippen LogP contribution in [0.3, 0.4) is 0 Å². The smallest absolute Gasteiger partial charge is 0.305 e. The summed E-state index contributed by atoms with van der Waals surface area (Å²) < 4.78 is 23.7. The summed E-state index contributed by atoms with van der Waals surface area (Å²) >= 11 is 0. The fourth-order valence-electron chi connectivity index (χ4n) is 4.20. The van der Waals surface area contributed by atoms with Crippen molar-refractivity contribution in [2.45, 2.75) is 50.7 Å². The van der Waals surface area contributed by atoms with Crippen LogP contribution in [0.25, 0.3) is 0 Å². The van der Waals surface area contributed by atoms with Crippen LogP contribution in [0.4, 0.5) is 0 Å². The topological polar surface area (TPSA) is 74.2 Å². The molecule has 0 saturated carbocycles.